The molecule has 1 aromatic carbocycles. The molecule has 3 heterocycles. The third-order valence-corrected chi connectivity index (χ3v) is 5.04. The van der Waals surface area contributed by atoms with E-state index < -0.39 is 5.82 Å². The molecule has 1 saturated heterocycles. The average molecular weight is 302 g/mol. The minimum absolute atomic E-state index is 0.211. The Kier molecular flexibility index (Phi) is 3.14. The number of piperidine rings is 1. The first-order valence-electron chi connectivity index (χ1n) is 7.81. The highest BCUT2D eigenvalue weighted by Crippen LogP contribution is 2.38. The van der Waals surface area contributed by atoms with Gasteiger partial charge in [-0.3, -0.25) is 4.79 Å². The van der Waals surface area contributed by atoms with Gasteiger partial charge in [0.25, 0.3) is 5.56 Å². The van der Waals surface area contributed by atoms with Crippen molar-refractivity contribution in [3.63, 3.8) is 0 Å². The molecule has 2 atom stereocenters. The van der Waals surface area contributed by atoms with Crippen molar-refractivity contribution in [3.05, 3.63) is 34.0 Å². The molecule has 0 aliphatic carbocycles. The quantitative estimate of drug-likeness (QED) is 0.846. The molecule has 2 aliphatic rings. The third kappa shape index (κ3) is 2.01. The number of aromatic amines is 1. The Hall–Kier alpha value is -1.95. The molecule has 0 unspecified atom stereocenters. The number of hydrogen-bond acceptors (Lipinski definition) is 4. The van der Waals surface area contributed by atoms with E-state index >= 15 is 0 Å². The van der Waals surface area contributed by atoms with E-state index in [1.165, 1.54) is 25.0 Å². The number of aromatic nitrogens is 2. The number of rotatable bonds is 1. The molecular formula is C16H19FN4O. The standard InChI is InChI=1S/C16H19FN4O/c1-21-5-3-2-4-13(21)11-8-18-12-7-9(17)6-10-14(12)15(11)19-20-16(10)22/h6-7,11,13,18H,2-5,8H2,1H3,(H,20,22)/t11-,13-/m1/s1. The van der Waals surface area contributed by atoms with Crippen LogP contribution in [0.5, 0.6) is 0 Å². The third-order valence-electron chi connectivity index (χ3n) is 5.04. The topological polar surface area (TPSA) is 61.0 Å². The summed E-state index contributed by atoms with van der Waals surface area (Å²) in [6, 6.07) is 3.16. The maximum Gasteiger partial charge on any atom is 0.272 e. The maximum absolute atomic E-state index is 13.7. The fourth-order valence-corrected chi connectivity index (χ4v) is 3.94. The highest BCUT2D eigenvalue weighted by Gasteiger charge is 2.34. The lowest BCUT2D eigenvalue weighted by Gasteiger charge is -2.39. The summed E-state index contributed by atoms with van der Waals surface area (Å²) in [4.78, 5) is 14.4. The maximum atomic E-state index is 13.7. The molecular weight excluding hydrogens is 283 g/mol. The molecule has 5 nitrogen and oxygen atoms in total. The van der Waals surface area contributed by atoms with Crippen LogP contribution in [0.2, 0.25) is 0 Å². The molecule has 0 radical (unpaired) electrons. The van der Waals surface area contributed by atoms with Crippen molar-refractivity contribution >= 4 is 16.5 Å². The van der Waals surface area contributed by atoms with E-state index in [9.17, 15) is 9.18 Å². The van der Waals surface area contributed by atoms with Crippen LogP contribution in [0.1, 0.15) is 30.9 Å². The van der Waals surface area contributed by atoms with E-state index in [2.05, 4.69) is 27.5 Å². The van der Waals surface area contributed by atoms with Crippen molar-refractivity contribution in [2.24, 2.45) is 0 Å². The van der Waals surface area contributed by atoms with Gasteiger partial charge in [0.1, 0.15) is 5.82 Å². The predicted octanol–water partition coefficient (Wildman–Crippen LogP) is 2.06. The number of benzene rings is 1. The molecule has 6 heteroatoms. The lowest BCUT2D eigenvalue weighted by Crippen LogP contribution is -2.44. The van der Waals surface area contributed by atoms with Gasteiger partial charge in [-0.2, -0.15) is 5.10 Å². The van der Waals surface area contributed by atoms with Gasteiger partial charge in [0.05, 0.1) is 11.1 Å². The second-order valence-electron chi connectivity index (χ2n) is 6.35. The lowest BCUT2D eigenvalue weighted by atomic mass is 9.84. The number of likely N-dealkylation sites (N-methyl/N-ethyl adjacent to an activating group) is 1. The van der Waals surface area contributed by atoms with Crippen molar-refractivity contribution in [3.8, 4) is 0 Å². The Bertz CT molecular complexity index is 788. The number of likely N-dealkylation sites (tertiary alicyclic amines) is 1. The fraction of sp³-hybridized carbons (Fsp3) is 0.500. The smallest absolute Gasteiger partial charge is 0.272 e. The molecule has 22 heavy (non-hydrogen) atoms. The van der Waals surface area contributed by atoms with Crippen molar-refractivity contribution in [1.82, 2.24) is 15.1 Å². The summed E-state index contributed by atoms with van der Waals surface area (Å²) in [5.41, 5.74) is 1.24. The SMILES string of the molecule is CN1CCCC[C@@H]1[C@H]1CNc2cc(F)cc3c(=O)[nH]nc1c23. The lowest BCUT2D eigenvalue weighted by molar-refractivity contribution is 0.160. The van der Waals surface area contributed by atoms with E-state index in [1.807, 2.05) is 0 Å². The van der Waals surface area contributed by atoms with Crippen LogP contribution in [0.4, 0.5) is 10.1 Å². The van der Waals surface area contributed by atoms with Gasteiger partial charge in [-0.15, -0.1) is 0 Å². The molecule has 0 amide bonds. The minimum atomic E-state index is -0.397. The van der Waals surface area contributed by atoms with Crippen molar-refractivity contribution in [1.29, 1.82) is 0 Å². The van der Waals surface area contributed by atoms with Crippen LogP contribution in [-0.4, -0.2) is 41.3 Å². The average Bonchev–Trinajstić information content (AvgIpc) is 2.51. The summed E-state index contributed by atoms with van der Waals surface area (Å²) in [7, 11) is 2.15. The van der Waals surface area contributed by atoms with E-state index in [0.717, 1.165) is 30.6 Å². The number of hydrogen-bond donors (Lipinski definition) is 2. The Morgan fingerprint density at radius 1 is 1.36 bits per heavy atom. The highest BCUT2D eigenvalue weighted by atomic mass is 19.1. The Labute approximate surface area is 127 Å². The molecule has 1 aromatic heterocycles. The summed E-state index contributed by atoms with van der Waals surface area (Å²) in [5.74, 6) is -0.187. The molecule has 2 aliphatic heterocycles. The fourth-order valence-electron chi connectivity index (χ4n) is 3.94. The van der Waals surface area contributed by atoms with Crippen LogP contribution in [0.15, 0.2) is 16.9 Å². The van der Waals surface area contributed by atoms with Gasteiger partial charge in [-0.05, 0) is 38.6 Å². The Morgan fingerprint density at radius 3 is 3.05 bits per heavy atom. The summed E-state index contributed by atoms with van der Waals surface area (Å²) in [5, 5.41) is 11.3. The first-order chi connectivity index (χ1) is 10.6. The van der Waals surface area contributed by atoms with Crippen LogP contribution in [0.3, 0.4) is 0 Å². The Balaban J connectivity index is 1.89. The molecule has 2 N–H and O–H groups in total. The zero-order chi connectivity index (χ0) is 15.3. The normalized spacial score (nSPS) is 25.2. The van der Waals surface area contributed by atoms with Gasteiger partial charge in [0, 0.05) is 29.6 Å². The molecule has 2 aromatic rings. The summed E-state index contributed by atoms with van der Waals surface area (Å²) in [6.07, 6.45) is 3.57. The molecule has 1 fully saturated rings. The van der Waals surface area contributed by atoms with Gasteiger partial charge in [-0.25, -0.2) is 9.49 Å². The molecule has 116 valence electrons. The molecule has 0 bridgehead atoms. The van der Waals surface area contributed by atoms with E-state index in [0.29, 0.717) is 17.1 Å². The first kappa shape index (κ1) is 13.7. The van der Waals surface area contributed by atoms with E-state index in [4.69, 9.17) is 0 Å². The highest BCUT2D eigenvalue weighted by molar-refractivity contribution is 5.96. The van der Waals surface area contributed by atoms with Gasteiger partial charge >= 0.3 is 0 Å². The Morgan fingerprint density at radius 2 is 2.23 bits per heavy atom. The molecule has 4 rings (SSSR count). The first-order valence-corrected chi connectivity index (χ1v) is 7.81. The molecule has 0 spiro atoms. The van der Waals surface area contributed by atoms with Crippen molar-refractivity contribution in [2.45, 2.75) is 31.2 Å². The number of nitrogens with one attached hydrogen (secondary N) is 2. The van der Waals surface area contributed by atoms with Crippen LogP contribution < -0.4 is 10.9 Å². The number of anilines is 1. The van der Waals surface area contributed by atoms with Crippen molar-refractivity contribution < 1.29 is 4.39 Å². The minimum Gasteiger partial charge on any atom is -0.384 e. The second-order valence-corrected chi connectivity index (χ2v) is 6.35. The van der Waals surface area contributed by atoms with Gasteiger partial charge in [0.2, 0.25) is 0 Å². The van der Waals surface area contributed by atoms with Crippen LogP contribution in [-0.2, 0) is 0 Å². The van der Waals surface area contributed by atoms with Crippen LogP contribution >= 0.6 is 0 Å². The summed E-state index contributed by atoms with van der Waals surface area (Å²) < 4.78 is 13.7. The van der Waals surface area contributed by atoms with Gasteiger partial charge in [0.15, 0.2) is 0 Å². The van der Waals surface area contributed by atoms with Crippen molar-refractivity contribution in [2.75, 3.05) is 25.5 Å². The number of halogens is 1. The number of H-pyrrole nitrogens is 1. The zero-order valence-corrected chi connectivity index (χ0v) is 12.5. The summed E-state index contributed by atoms with van der Waals surface area (Å²) in [6.45, 7) is 1.81. The molecule has 0 saturated carbocycles. The van der Waals surface area contributed by atoms with Crippen LogP contribution in [0, 0.1) is 5.82 Å². The summed E-state index contributed by atoms with van der Waals surface area (Å²) >= 11 is 0. The van der Waals surface area contributed by atoms with Crippen LogP contribution in [0.25, 0.3) is 10.8 Å². The largest absolute Gasteiger partial charge is 0.384 e. The predicted molar refractivity (Wildman–Crippen MR) is 83.8 cm³/mol. The van der Waals surface area contributed by atoms with Gasteiger partial charge < -0.3 is 10.2 Å². The second kappa shape index (κ2) is 5.05. The number of nitrogens with zero attached hydrogens (tertiary/aromatic N) is 2. The van der Waals surface area contributed by atoms with Gasteiger partial charge in [-0.1, -0.05) is 6.42 Å². The monoisotopic (exact) mass is 302 g/mol. The van der Waals surface area contributed by atoms with E-state index in [1.54, 1.807) is 0 Å². The zero-order valence-electron chi connectivity index (χ0n) is 12.5. The van der Waals surface area contributed by atoms with E-state index in [-0.39, 0.29) is 11.5 Å².